The molecular formula is C26H42Cl2N6S2. The standard InChI is InChI=1S/C26H40N6S2.2ClH/c33-25(31-21-23-11-3-1-4-12-23)29-19-9-17-27-15-7-8-16-28-18-10-20-30-26(34)32-22-24-13-5-2-6-14-24;;/h1-6,11-14,27-28H,7-10,15-22H2,(H2,29,31,33)(H2,30,32,34);2*1H. The monoisotopic (exact) mass is 572 g/mol. The third kappa shape index (κ3) is 18.6. The molecule has 36 heavy (non-hydrogen) atoms. The summed E-state index contributed by atoms with van der Waals surface area (Å²) in [7, 11) is 0. The maximum Gasteiger partial charge on any atom is 0.166 e. The van der Waals surface area contributed by atoms with Crippen molar-refractivity contribution < 1.29 is 0 Å². The van der Waals surface area contributed by atoms with Crippen LogP contribution in [-0.4, -0.2) is 49.5 Å². The fourth-order valence-corrected chi connectivity index (χ4v) is 3.61. The Morgan fingerprint density at radius 1 is 0.472 bits per heavy atom. The Hall–Kier alpha value is -1.68. The maximum absolute atomic E-state index is 5.32. The molecule has 202 valence electrons. The summed E-state index contributed by atoms with van der Waals surface area (Å²) >= 11 is 10.6. The molecule has 0 aromatic heterocycles. The normalized spacial score (nSPS) is 9.89. The first kappa shape index (κ1) is 34.3. The number of unbranched alkanes of at least 4 members (excludes halogenated alkanes) is 1. The van der Waals surface area contributed by atoms with Crippen molar-refractivity contribution in [1.29, 1.82) is 0 Å². The van der Waals surface area contributed by atoms with Gasteiger partial charge in [0.15, 0.2) is 10.2 Å². The van der Waals surface area contributed by atoms with Crippen LogP contribution in [-0.2, 0) is 13.1 Å². The Bertz CT molecular complexity index is 732. The highest BCUT2D eigenvalue weighted by molar-refractivity contribution is 7.80. The second kappa shape index (κ2) is 23.7. The van der Waals surface area contributed by atoms with E-state index in [9.17, 15) is 0 Å². The summed E-state index contributed by atoms with van der Waals surface area (Å²) < 4.78 is 0. The molecule has 10 heteroatoms. The fraction of sp³-hybridized carbons (Fsp3) is 0.462. The SMILES string of the molecule is Cl.Cl.S=C(NCCCNCCCCNCCCNC(=S)NCc1ccccc1)NCc1ccccc1. The third-order valence-electron chi connectivity index (χ3n) is 5.18. The van der Waals surface area contributed by atoms with Crippen LogP contribution < -0.4 is 31.9 Å². The first-order chi connectivity index (χ1) is 16.7. The van der Waals surface area contributed by atoms with E-state index in [2.05, 4.69) is 56.2 Å². The molecule has 0 aliphatic heterocycles. The van der Waals surface area contributed by atoms with Gasteiger partial charge in [-0.15, -0.1) is 24.8 Å². The quantitative estimate of drug-likeness (QED) is 0.126. The smallest absolute Gasteiger partial charge is 0.166 e. The van der Waals surface area contributed by atoms with Gasteiger partial charge in [0, 0.05) is 26.2 Å². The van der Waals surface area contributed by atoms with Crippen molar-refractivity contribution in [1.82, 2.24) is 31.9 Å². The van der Waals surface area contributed by atoms with Gasteiger partial charge in [0.25, 0.3) is 0 Å². The van der Waals surface area contributed by atoms with Crippen LogP contribution in [0.5, 0.6) is 0 Å². The summed E-state index contributed by atoms with van der Waals surface area (Å²) in [6, 6.07) is 20.6. The first-order valence-electron chi connectivity index (χ1n) is 12.3. The maximum atomic E-state index is 5.32. The molecule has 0 aliphatic rings. The molecule has 2 aromatic carbocycles. The van der Waals surface area contributed by atoms with Crippen LogP contribution in [0.2, 0.25) is 0 Å². The van der Waals surface area contributed by atoms with Gasteiger partial charge < -0.3 is 31.9 Å². The third-order valence-corrected chi connectivity index (χ3v) is 5.76. The highest BCUT2D eigenvalue weighted by atomic mass is 35.5. The van der Waals surface area contributed by atoms with Crippen LogP contribution in [0.25, 0.3) is 0 Å². The molecule has 0 atom stereocenters. The topological polar surface area (TPSA) is 72.2 Å². The van der Waals surface area contributed by atoms with E-state index in [1.165, 1.54) is 24.0 Å². The van der Waals surface area contributed by atoms with E-state index in [0.29, 0.717) is 0 Å². The Labute approximate surface area is 240 Å². The van der Waals surface area contributed by atoms with Crippen LogP contribution >= 0.6 is 49.2 Å². The number of nitrogens with one attached hydrogen (secondary N) is 6. The lowest BCUT2D eigenvalue weighted by Crippen LogP contribution is -2.36. The molecule has 0 saturated heterocycles. The van der Waals surface area contributed by atoms with E-state index in [1.807, 2.05) is 36.4 Å². The zero-order valence-corrected chi connectivity index (χ0v) is 24.2. The minimum absolute atomic E-state index is 0. The van der Waals surface area contributed by atoms with Crippen molar-refractivity contribution in [2.45, 2.75) is 38.8 Å². The van der Waals surface area contributed by atoms with Crippen molar-refractivity contribution in [3.05, 3.63) is 71.8 Å². The fourth-order valence-electron chi connectivity index (χ4n) is 3.26. The molecular weight excluding hydrogens is 531 g/mol. The minimum atomic E-state index is 0. The average molecular weight is 574 g/mol. The molecule has 0 bridgehead atoms. The van der Waals surface area contributed by atoms with E-state index in [4.69, 9.17) is 24.4 Å². The summed E-state index contributed by atoms with van der Waals surface area (Å²) in [5.41, 5.74) is 2.46. The molecule has 6 N–H and O–H groups in total. The molecule has 0 aliphatic carbocycles. The average Bonchev–Trinajstić information content (AvgIpc) is 2.87. The number of thiocarbonyl (C=S) groups is 2. The molecule has 0 fully saturated rings. The minimum Gasteiger partial charge on any atom is -0.363 e. The predicted molar refractivity (Wildman–Crippen MR) is 166 cm³/mol. The number of hydrogen-bond donors (Lipinski definition) is 6. The van der Waals surface area contributed by atoms with Crippen LogP contribution in [0.3, 0.4) is 0 Å². The lowest BCUT2D eigenvalue weighted by molar-refractivity contribution is 0.564. The van der Waals surface area contributed by atoms with Gasteiger partial charge in [0.2, 0.25) is 0 Å². The van der Waals surface area contributed by atoms with Crippen molar-refractivity contribution in [2.75, 3.05) is 39.3 Å². The molecule has 6 nitrogen and oxygen atoms in total. The van der Waals surface area contributed by atoms with Gasteiger partial charge in [0.05, 0.1) is 0 Å². The molecule has 0 spiro atoms. The van der Waals surface area contributed by atoms with Gasteiger partial charge in [-0.2, -0.15) is 0 Å². The van der Waals surface area contributed by atoms with E-state index < -0.39 is 0 Å². The van der Waals surface area contributed by atoms with Gasteiger partial charge in [-0.3, -0.25) is 0 Å². The molecule has 0 unspecified atom stereocenters. The Morgan fingerprint density at radius 3 is 1.22 bits per heavy atom. The molecule has 0 saturated carbocycles. The van der Waals surface area contributed by atoms with E-state index >= 15 is 0 Å². The lowest BCUT2D eigenvalue weighted by Gasteiger charge is -2.11. The summed E-state index contributed by atoms with van der Waals surface area (Å²) in [5.74, 6) is 0. The molecule has 0 heterocycles. The number of benzene rings is 2. The van der Waals surface area contributed by atoms with Gasteiger partial charge in [-0.25, -0.2) is 0 Å². The van der Waals surface area contributed by atoms with Crippen LogP contribution in [0.4, 0.5) is 0 Å². The zero-order chi connectivity index (χ0) is 24.1. The largest absolute Gasteiger partial charge is 0.363 e. The first-order valence-corrected chi connectivity index (χ1v) is 13.1. The second-order valence-corrected chi connectivity index (χ2v) is 8.92. The Balaban J connectivity index is 0.00000612. The van der Waals surface area contributed by atoms with Gasteiger partial charge >= 0.3 is 0 Å². The van der Waals surface area contributed by atoms with E-state index in [-0.39, 0.29) is 24.8 Å². The summed E-state index contributed by atoms with van der Waals surface area (Å²) in [6.07, 6.45) is 4.48. The molecule has 2 rings (SSSR count). The summed E-state index contributed by atoms with van der Waals surface area (Å²) in [5, 5.41) is 21.4. The van der Waals surface area contributed by atoms with Gasteiger partial charge in [0.1, 0.15) is 0 Å². The van der Waals surface area contributed by atoms with Crippen molar-refractivity contribution >= 4 is 59.5 Å². The van der Waals surface area contributed by atoms with Crippen molar-refractivity contribution in [3.63, 3.8) is 0 Å². The lowest BCUT2D eigenvalue weighted by atomic mass is 10.2. The zero-order valence-electron chi connectivity index (χ0n) is 20.9. The number of halogens is 2. The van der Waals surface area contributed by atoms with E-state index in [1.54, 1.807) is 0 Å². The second-order valence-electron chi connectivity index (χ2n) is 8.10. The molecule has 0 amide bonds. The van der Waals surface area contributed by atoms with Gasteiger partial charge in [-0.1, -0.05) is 60.7 Å². The van der Waals surface area contributed by atoms with Crippen LogP contribution in [0, 0.1) is 0 Å². The highest BCUT2D eigenvalue weighted by Gasteiger charge is 1.97. The predicted octanol–water partition coefficient (Wildman–Crippen LogP) is 3.90. The summed E-state index contributed by atoms with van der Waals surface area (Å²) in [6.45, 7) is 7.41. The molecule has 0 radical (unpaired) electrons. The summed E-state index contributed by atoms with van der Waals surface area (Å²) in [4.78, 5) is 0. The highest BCUT2D eigenvalue weighted by Crippen LogP contribution is 1.97. The number of hydrogen-bond acceptors (Lipinski definition) is 4. The van der Waals surface area contributed by atoms with Gasteiger partial charge in [-0.05, 0) is 87.4 Å². The Morgan fingerprint density at radius 2 is 0.833 bits per heavy atom. The van der Waals surface area contributed by atoms with Crippen LogP contribution in [0.1, 0.15) is 36.8 Å². The van der Waals surface area contributed by atoms with Crippen molar-refractivity contribution in [2.24, 2.45) is 0 Å². The Kier molecular flexibility index (Phi) is 22.6. The van der Waals surface area contributed by atoms with Crippen LogP contribution in [0.15, 0.2) is 60.7 Å². The number of rotatable bonds is 17. The van der Waals surface area contributed by atoms with Crippen molar-refractivity contribution in [3.8, 4) is 0 Å². The van der Waals surface area contributed by atoms with E-state index in [0.717, 1.165) is 75.4 Å². The molecule has 2 aromatic rings.